The van der Waals surface area contributed by atoms with Crippen molar-refractivity contribution in [3.8, 4) is 5.75 Å². The van der Waals surface area contributed by atoms with E-state index in [2.05, 4.69) is 0 Å². The number of aliphatic hydroxyl groups excluding tert-OH is 1. The van der Waals surface area contributed by atoms with Crippen LogP contribution < -0.4 is 4.74 Å². The summed E-state index contributed by atoms with van der Waals surface area (Å²) in [4.78, 5) is 14.4. The quantitative estimate of drug-likeness (QED) is 0.899. The highest BCUT2D eigenvalue weighted by molar-refractivity contribution is 5.97. The highest BCUT2D eigenvalue weighted by Gasteiger charge is 2.47. The lowest BCUT2D eigenvalue weighted by Gasteiger charge is -2.51. The van der Waals surface area contributed by atoms with Crippen molar-refractivity contribution in [3.63, 3.8) is 0 Å². The molecule has 1 saturated carbocycles. The fourth-order valence-corrected chi connectivity index (χ4v) is 3.41. The number of benzene rings is 1. The summed E-state index contributed by atoms with van der Waals surface area (Å²) in [7, 11) is 1.59. The average molecular weight is 275 g/mol. The van der Waals surface area contributed by atoms with E-state index >= 15 is 0 Å². The molecule has 2 aliphatic rings. The number of ether oxygens (including phenoxy) is 1. The summed E-state index contributed by atoms with van der Waals surface area (Å²) in [5, 5.41) is 9.92. The van der Waals surface area contributed by atoms with Gasteiger partial charge in [-0.2, -0.15) is 0 Å². The Bertz CT molecular complexity index is 506. The van der Waals surface area contributed by atoms with E-state index in [1.807, 2.05) is 29.2 Å². The van der Waals surface area contributed by atoms with E-state index in [0.717, 1.165) is 38.8 Å². The van der Waals surface area contributed by atoms with Crippen LogP contribution in [0.25, 0.3) is 0 Å². The Morgan fingerprint density at radius 3 is 2.55 bits per heavy atom. The maximum absolute atomic E-state index is 12.6. The van der Waals surface area contributed by atoms with Crippen LogP contribution in [0.2, 0.25) is 0 Å². The number of para-hydroxylation sites is 1. The minimum atomic E-state index is -0.161. The van der Waals surface area contributed by atoms with Gasteiger partial charge in [-0.25, -0.2) is 0 Å². The highest BCUT2D eigenvalue weighted by Crippen LogP contribution is 2.49. The molecule has 0 aromatic heterocycles. The Hall–Kier alpha value is -1.55. The summed E-state index contributed by atoms with van der Waals surface area (Å²) in [6, 6.07) is 7.35. The molecule has 1 aromatic rings. The summed E-state index contributed by atoms with van der Waals surface area (Å²) in [6.45, 7) is 1.46. The molecule has 1 amide bonds. The normalized spacial score (nSPS) is 24.3. The molecule has 3 rings (SSSR count). The zero-order chi connectivity index (χ0) is 14.2. The average Bonchev–Trinajstić information content (AvgIpc) is 2.52. The molecule has 0 radical (unpaired) electrons. The molecule has 1 atom stereocenters. The van der Waals surface area contributed by atoms with Gasteiger partial charge in [0.1, 0.15) is 5.75 Å². The van der Waals surface area contributed by atoms with Crippen LogP contribution in [0.3, 0.4) is 0 Å². The van der Waals surface area contributed by atoms with Crippen LogP contribution in [0.15, 0.2) is 24.3 Å². The monoisotopic (exact) mass is 275 g/mol. The smallest absolute Gasteiger partial charge is 0.257 e. The van der Waals surface area contributed by atoms with Crippen molar-refractivity contribution in [2.45, 2.75) is 31.8 Å². The Morgan fingerprint density at radius 1 is 1.30 bits per heavy atom. The molecule has 1 saturated heterocycles. The third-order valence-corrected chi connectivity index (χ3v) is 5.01. The van der Waals surface area contributed by atoms with Crippen LogP contribution in [-0.4, -0.2) is 42.2 Å². The zero-order valence-electron chi connectivity index (χ0n) is 11.8. The molecule has 1 aliphatic carbocycles. The van der Waals surface area contributed by atoms with Gasteiger partial charge in [-0.15, -0.1) is 0 Å². The second kappa shape index (κ2) is 5.09. The lowest BCUT2D eigenvalue weighted by molar-refractivity contribution is -0.0952. The molecule has 2 fully saturated rings. The number of rotatable bonds is 2. The number of nitrogens with zero attached hydrogens (tertiary/aromatic N) is 1. The van der Waals surface area contributed by atoms with Gasteiger partial charge >= 0.3 is 0 Å². The Balaban J connectivity index is 1.70. The van der Waals surface area contributed by atoms with E-state index in [4.69, 9.17) is 4.74 Å². The number of carbonyl (C=O) groups is 1. The summed E-state index contributed by atoms with van der Waals surface area (Å²) >= 11 is 0. The van der Waals surface area contributed by atoms with Crippen LogP contribution in [-0.2, 0) is 0 Å². The van der Waals surface area contributed by atoms with Crippen LogP contribution in [0.1, 0.15) is 36.0 Å². The van der Waals surface area contributed by atoms with Crippen molar-refractivity contribution >= 4 is 5.91 Å². The van der Waals surface area contributed by atoms with Gasteiger partial charge in [0.15, 0.2) is 0 Å². The molecule has 4 heteroatoms. The van der Waals surface area contributed by atoms with E-state index in [-0.39, 0.29) is 17.4 Å². The number of hydrogen-bond acceptors (Lipinski definition) is 3. The topological polar surface area (TPSA) is 49.8 Å². The highest BCUT2D eigenvalue weighted by atomic mass is 16.5. The summed E-state index contributed by atoms with van der Waals surface area (Å²) in [5.74, 6) is 0.660. The lowest BCUT2D eigenvalue weighted by atomic mass is 9.61. The molecule has 1 unspecified atom stereocenters. The largest absolute Gasteiger partial charge is 0.496 e. The predicted octanol–water partition coefficient (Wildman–Crippen LogP) is 2.07. The number of aliphatic hydroxyl groups is 1. The minimum absolute atomic E-state index is 0.0334. The maximum Gasteiger partial charge on any atom is 0.257 e. The molecule has 1 spiro atoms. The standard InChI is InChI=1S/C16H21NO3/c1-20-13-5-3-2-4-12(13)15(19)17-10-8-16(9-11-17)7-6-14(16)18/h2-5,14,18H,6-11H2,1H3. The van der Waals surface area contributed by atoms with Gasteiger partial charge < -0.3 is 14.7 Å². The summed E-state index contributed by atoms with van der Waals surface area (Å²) in [5.41, 5.74) is 0.720. The molecule has 0 bridgehead atoms. The first-order valence-corrected chi connectivity index (χ1v) is 7.27. The fraction of sp³-hybridized carbons (Fsp3) is 0.562. The van der Waals surface area contributed by atoms with Gasteiger partial charge in [0.2, 0.25) is 0 Å². The molecular weight excluding hydrogens is 254 g/mol. The summed E-state index contributed by atoms with van der Waals surface area (Å²) < 4.78 is 5.26. The van der Waals surface area contributed by atoms with Crippen LogP contribution >= 0.6 is 0 Å². The second-order valence-electron chi connectivity index (χ2n) is 5.91. The van der Waals surface area contributed by atoms with Crippen molar-refractivity contribution in [1.82, 2.24) is 4.90 Å². The van der Waals surface area contributed by atoms with E-state index in [9.17, 15) is 9.90 Å². The number of hydrogen-bond donors (Lipinski definition) is 1. The number of amides is 1. The van der Waals surface area contributed by atoms with Gasteiger partial charge in [-0.05, 0) is 43.2 Å². The van der Waals surface area contributed by atoms with Crippen molar-refractivity contribution < 1.29 is 14.6 Å². The first kappa shape index (κ1) is 13.4. The van der Waals surface area contributed by atoms with Crippen molar-refractivity contribution in [3.05, 3.63) is 29.8 Å². The van der Waals surface area contributed by atoms with Gasteiger partial charge in [0, 0.05) is 13.1 Å². The molecule has 1 N–H and O–H groups in total. The van der Waals surface area contributed by atoms with Gasteiger partial charge in [-0.1, -0.05) is 12.1 Å². The van der Waals surface area contributed by atoms with Crippen LogP contribution in [0.5, 0.6) is 5.75 Å². The van der Waals surface area contributed by atoms with E-state index in [1.54, 1.807) is 7.11 Å². The zero-order valence-corrected chi connectivity index (χ0v) is 11.8. The molecule has 1 aromatic carbocycles. The van der Waals surface area contributed by atoms with Gasteiger partial charge in [0.25, 0.3) is 5.91 Å². The van der Waals surface area contributed by atoms with Crippen molar-refractivity contribution in [2.24, 2.45) is 5.41 Å². The molecule has 4 nitrogen and oxygen atoms in total. The SMILES string of the molecule is COc1ccccc1C(=O)N1CCC2(CCC2O)CC1. The first-order chi connectivity index (χ1) is 9.66. The van der Waals surface area contributed by atoms with Crippen molar-refractivity contribution in [2.75, 3.05) is 20.2 Å². The van der Waals surface area contributed by atoms with Crippen LogP contribution in [0.4, 0.5) is 0 Å². The van der Waals surface area contributed by atoms with Crippen LogP contribution in [0, 0.1) is 5.41 Å². The van der Waals surface area contributed by atoms with E-state index < -0.39 is 0 Å². The fourth-order valence-electron chi connectivity index (χ4n) is 3.41. The molecular formula is C16H21NO3. The van der Waals surface area contributed by atoms with Gasteiger partial charge in [-0.3, -0.25) is 4.79 Å². The lowest BCUT2D eigenvalue weighted by Crippen LogP contribution is -2.53. The number of carbonyl (C=O) groups excluding carboxylic acids is 1. The number of likely N-dealkylation sites (tertiary alicyclic amines) is 1. The third-order valence-electron chi connectivity index (χ3n) is 5.01. The number of piperidine rings is 1. The maximum atomic E-state index is 12.6. The molecule has 108 valence electrons. The summed E-state index contributed by atoms with van der Waals surface area (Å²) in [6.07, 6.45) is 3.68. The Labute approximate surface area is 119 Å². The molecule has 1 aliphatic heterocycles. The predicted molar refractivity (Wildman–Crippen MR) is 75.8 cm³/mol. The third kappa shape index (κ3) is 2.08. The van der Waals surface area contributed by atoms with Crippen molar-refractivity contribution in [1.29, 1.82) is 0 Å². The molecule has 1 heterocycles. The Kier molecular flexibility index (Phi) is 3.42. The van der Waals surface area contributed by atoms with E-state index in [1.165, 1.54) is 0 Å². The van der Waals surface area contributed by atoms with Gasteiger partial charge in [0.05, 0.1) is 18.8 Å². The van der Waals surface area contributed by atoms with E-state index in [0.29, 0.717) is 11.3 Å². The Morgan fingerprint density at radius 2 is 2.00 bits per heavy atom. The first-order valence-electron chi connectivity index (χ1n) is 7.27. The number of methoxy groups -OCH3 is 1. The minimum Gasteiger partial charge on any atom is -0.496 e. The molecule has 20 heavy (non-hydrogen) atoms. The second-order valence-corrected chi connectivity index (χ2v) is 5.91.